The molecule has 0 aromatic heterocycles. The normalized spacial score (nSPS) is 24.1. The minimum Gasteiger partial charge on any atom is -0.271 e. The predicted molar refractivity (Wildman–Crippen MR) is 89.5 cm³/mol. The van der Waals surface area contributed by atoms with Crippen LogP contribution in [0.2, 0.25) is 0 Å². The van der Waals surface area contributed by atoms with Gasteiger partial charge in [-0.1, -0.05) is 78.1 Å². The molecule has 0 heterocycles. The molecule has 0 aromatic carbocycles. The van der Waals surface area contributed by atoms with Crippen LogP contribution in [0, 0.1) is 11.8 Å². The predicted octanol–water partition coefficient (Wildman–Crippen LogP) is 5.18. The lowest BCUT2D eigenvalue weighted by Gasteiger charge is -2.23. The highest BCUT2D eigenvalue weighted by molar-refractivity contribution is 4.83. The highest BCUT2D eigenvalue weighted by atomic mass is 15.2. The van der Waals surface area contributed by atoms with E-state index in [4.69, 9.17) is 5.84 Å². The van der Waals surface area contributed by atoms with Gasteiger partial charge < -0.3 is 0 Å². The molecular formula is C18H38N2. The molecule has 20 heavy (non-hydrogen) atoms. The van der Waals surface area contributed by atoms with Crippen molar-refractivity contribution in [1.29, 1.82) is 0 Å². The first kappa shape index (κ1) is 18.0. The number of hydrogen-bond acceptors (Lipinski definition) is 2. The molecule has 0 amide bonds. The fraction of sp³-hybridized carbons (Fsp3) is 1.00. The third kappa shape index (κ3) is 7.08. The van der Waals surface area contributed by atoms with Crippen LogP contribution < -0.4 is 11.3 Å². The maximum absolute atomic E-state index is 5.79. The highest BCUT2D eigenvalue weighted by Gasteiger charge is 2.28. The quantitative estimate of drug-likeness (QED) is 0.294. The first-order chi connectivity index (χ1) is 9.81. The standard InChI is InChI=1S/C18H38N2/c1-3-5-6-7-8-9-10-11-12-18(20-19)17-14-13-16(4-2)15-17/h16-18,20H,3-15,19H2,1-2H3. The zero-order chi connectivity index (χ0) is 14.6. The minimum atomic E-state index is 0.576. The number of nitrogens with two attached hydrogens (primary N) is 1. The lowest BCUT2D eigenvalue weighted by Crippen LogP contribution is -2.40. The Morgan fingerprint density at radius 2 is 1.60 bits per heavy atom. The smallest absolute Gasteiger partial charge is 0.0238 e. The van der Waals surface area contributed by atoms with Crippen molar-refractivity contribution in [2.45, 2.75) is 103 Å². The molecule has 0 aromatic rings. The highest BCUT2D eigenvalue weighted by Crippen LogP contribution is 2.36. The fourth-order valence-corrected chi connectivity index (χ4v) is 3.80. The summed E-state index contributed by atoms with van der Waals surface area (Å²) in [5.74, 6) is 7.59. The van der Waals surface area contributed by atoms with Gasteiger partial charge in [0.05, 0.1) is 0 Å². The van der Waals surface area contributed by atoms with Gasteiger partial charge >= 0.3 is 0 Å². The molecule has 3 atom stereocenters. The fourth-order valence-electron chi connectivity index (χ4n) is 3.80. The summed E-state index contributed by atoms with van der Waals surface area (Å²) >= 11 is 0. The van der Waals surface area contributed by atoms with Crippen molar-refractivity contribution >= 4 is 0 Å². The molecule has 120 valence electrons. The van der Waals surface area contributed by atoms with Gasteiger partial charge in [-0.2, -0.15) is 0 Å². The molecule has 3 N–H and O–H groups in total. The van der Waals surface area contributed by atoms with Gasteiger partial charge in [0.1, 0.15) is 0 Å². The summed E-state index contributed by atoms with van der Waals surface area (Å²) < 4.78 is 0. The monoisotopic (exact) mass is 282 g/mol. The lowest BCUT2D eigenvalue weighted by atomic mass is 9.92. The molecule has 3 unspecified atom stereocenters. The second-order valence-electron chi connectivity index (χ2n) is 6.88. The van der Waals surface area contributed by atoms with Crippen molar-refractivity contribution in [1.82, 2.24) is 5.43 Å². The second-order valence-corrected chi connectivity index (χ2v) is 6.88. The van der Waals surface area contributed by atoms with E-state index in [1.165, 1.54) is 83.5 Å². The number of unbranched alkanes of at least 4 members (excludes halogenated alkanes) is 7. The zero-order valence-corrected chi connectivity index (χ0v) is 14.0. The van der Waals surface area contributed by atoms with Gasteiger partial charge in [0, 0.05) is 6.04 Å². The van der Waals surface area contributed by atoms with Gasteiger partial charge in [0.15, 0.2) is 0 Å². The average Bonchev–Trinajstić information content (AvgIpc) is 2.94. The van der Waals surface area contributed by atoms with E-state index in [9.17, 15) is 0 Å². The van der Waals surface area contributed by atoms with Crippen LogP contribution in [0.5, 0.6) is 0 Å². The molecule has 0 spiro atoms. The molecular weight excluding hydrogens is 244 g/mol. The average molecular weight is 283 g/mol. The Morgan fingerprint density at radius 3 is 2.15 bits per heavy atom. The summed E-state index contributed by atoms with van der Waals surface area (Å²) in [6, 6.07) is 0.576. The maximum Gasteiger partial charge on any atom is 0.0238 e. The van der Waals surface area contributed by atoms with Crippen LogP contribution >= 0.6 is 0 Å². The second kappa shape index (κ2) is 11.6. The van der Waals surface area contributed by atoms with Gasteiger partial charge in [-0.3, -0.25) is 11.3 Å². The first-order valence-corrected chi connectivity index (χ1v) is 9.27. The van der Waals surface area contributed by atoms with Gasteiger partial charge in [-0.05, 0) is 31.1 Å². The third-order valence-electron chi connectivity index (χ3n) is 5.31. The van der Waals surface area contributed by atoms with E-state index in [-0.39, 0.29) is 0 Å². The number of nitrogens with one attached hydrogen (secondary N) is 1. The van der Waals surface area contributed by atoms with E-state index in [1.54, 1.807) is 0 Å². The zero-order valence-electron chi connectivity index (χ0n) is 14.0. The van der Waals surface area contributed by atoms with Crippen LogP contribution in [0.25, 0.3) is 0 Å². The topological polar surface area (TPSA) is 38.0 Å². The summed E-state index contributed by atoms with van der Waals surface area (Å²) in [5, 5.41) is 0. The lowest BCUT2D eigenvalue weighted by molar-refractivity contribution is 0.323. The Kier molecular flexibility index (Phi) is 10.4. The van der Waals surface area contributed by atoms with Crippen molar-refractivity contribution in [2.75, 3.05) is 0 Å². The first-order valence-electron chi connectivity index (χ1n) is 9.27. The van der Waals surface area contributed by atoms with E-state index >= 15 is 0 Å². The maximum atomic E-state index is 5.79. The SMILES string of the molecule is CCCCCCCCCCC(NN)C1CCC(CC)C1. The molecule has 2 heteroatoms. The molecule has 1 aliphatic carbocycles. The third-order valence-corrected chi connectivity index (χ3v) is 5.31. The Hall–Kier alpha value is -0.0800. The van der Waals surface area contributed by atoms with Crippen LogP contribution in [0.15, 0.2) is 0 Å². The van der Waals surface area contributed by atoms with Gasteiger partial charge in [0.25, 0.3) is 0 Å². The summed E-state index contributed by atoms with van der Waals surface area (Å²) in [6.45, 7) is 4.61. The van der Waals surface area contributed by atoms with Crippen LogP contribution in [0.4, 0.5) is 0 Å². The van der Waals surface area contributed by atoms with Crippen LogP contribution in [-0.4, -0.2) is 6.04 Å². The molecule has 1 fully saturated rings. The van der Waals surface area contributed by atoms with Crippen molar-refractivity contribution in [2.24, 2.45) is 17.7 Å². The summed E-state index contributed by atoms with van der Waals surface area (Å²) in [4.78, 5) is 0. The number of rotatable bonds is 12. The molecule has 1 saturated carbocycles. The van der Waals surface area contributed by atoms with E-state index in [1.807, 2.05) is 0 Å². The molecule has 0 aliphatic heterocycles. The summed E-state index contributed by atoms with van der Waals surface area (Å²) in [6.07, 6.45) is 18.1. The van der Waals surface area contributed by atoms with Crippen molar-refractivity contribution in [3.8, 4) is 0 Å². The number of hydrazine groups is 1. The largest absolute Gasteiger partial charge is 0.271 e. The van der Waals surface area contributed by atoms with Crippen LogP contribution in [0.1, 0.15) is 97.3 Å². The van der Waals surface area contributed by atoms with E-state index in [0.717, 1.165) is 11.8 Å². The molecule has 0 saturated heterocycles. The Bertz CT molecular complexity index is 217. The minimum absolute atomic E-state index is 0.576. The van der Waals surface area contributed by atoms with E-state index in [2.05, 4.69) is 19.3 Å². The van der Waals surface area contributed by atoms with E-state index in [0.29, 0.717) is 6.04 Å². The molecule has 0 bridgehead atoms. The van der Waals surface area contributed by atoms with Gasteiger partial charge in [-0.25, -0.2) is 0 Å². The van der Waals surface area contributed by atoms with Crippen molar-refractivity contribution in [3.63, 3.8) is 0 Å². The van der Waals surface area contributed by atoms with Crippen LogP contribution in [0.3, 0.4) is 0 Å². The van der Waals surface area contributed by atoms with Crippen molar-refractivity contribution < 1.29 is 0 Å². The Balaban J connectivity index is 2.01. The molecule has 2 nitrogen and oxygen atoms in total. The van der Waals surface area contributed by atoms with E-state index < -0.39 is 0 Å². The summed E-state index contributed by atoms with van der Waals surface area (Å²) in [7, 11) is 0. The molecule has 1 aliphatic rings. The number of hydrogen-bond donors (Lipinski definition) is 2. The van der Waals surface area contributed by atoms with Crippen LogP contribution in [-0.2, 0) is 0 Å². The van der Waals surface area contributed by atoms with Gasteiger partial charge in [-0.15, -0.1) is 0 Å². The van der Waals surface area contributed by atoms with Gasteiger partial charge in [0.2, 0.25) is 0 Å². The molecule has 0 radical (unpaired) electrons. The van der Waals surface area contributed by atoms with Crippen molar-refractivity contribution in [3.05, 3.63) is 0 Å². The molecule has 1 rings (SSSR count). The Labute approximate surface area is 127 Å². The Morgan fingerprint density at radius 1 is 0.950 bits per heavy atom. The summed E-state index contributed by atoms with van der Waals surface area (Å²) in [5.41, 5.74) is 3.11.